The number of ether oxygens (including phenoxy) is 1. The Kier molecular flexibility index (Phi) is 10.5. The van der Waals surface area contributed by atoms with Gasteiger partial charge in [0.2, 0.25) is 0 Å². The van der Waals surface area contributed by atoms with Gasteiger partial charge in [-0.2, -0.15) is 4.37 Å². The number of allylic oxidation sites excluding steroid dienone is 2. The average Bonchev–Trinajstić information content (AvgIpc) is 3.63. The fourth-order valence-corrected chi connectivity index (χ4v) is 5.06. The van der Waals surface area contributed by atoms with Crippen LogP contribution in [0.15, 0.2) is 78.0 Å². The number of rotatable bonds is 7. The predicted molar refractivity (Wildman–Crippen MR) is 146 cm³/mol. The van der Waals surface area contributed by atoms with Crippen LogP contribution < -0.4 is 40.0 Å². The van der Waals surface area contributed by atoms with Crippen LogP contribution in [-0.2, 0) is 14.9 Å². The van der Waals surface area contributed by atoms with E-state index in [4.69, 9.17) is 4.74 Å². The Morgan fingerprint density at radius 2 is 1.63 bits per heavy atom. The molecule has 2 aliphatic carbocycles. The van der Waals surface area contributed by atoms with Gasteiger partial charge in [0.05, 0.1) is 22.7 Å². The summed E-state index contributed by atoms with van der Waals surface area (Å²) in [7, 11) is 0. The molecule has 2 aliphatic rings. The number of anilines is 1. The van der Waals surface area contributed by atoms with Crippen LogP contribution in [0.1, 0.15) is 52.0 Å². The summed E-state index contributed by atoms with van der Waals surface area (Å²) >= 11 is 1.30. The SMILES string of the molecule is CC.CC1=C(COC(=O)Nc2cnsc2-c2ccc(-c3ccc(C4(C(=O)[O-])CC4)cc3)cc2)C=CCC1.[Na+]. The molecule has 0 bridgehead atoms. The first-order chi connectivity index (χ1) is 18.0. The van der Waals surface area contributed by atoms with Crippen molar-refractivity contribution >= 4 is 29.3 Å². The van der Waals surface area contributed by atoms with Crippen molar-refractivity contribution in [2.24, 2.45) is 0 Å². The van der Waals surface area contributed by atoms with Crippen LogP contribution in [0, 0.1) is 0 Å². The number of carboxylic acids is 1. The van der Waals surface area contributed by atoms with Gasteiger partial charge in [0.15, 0.2) is 0 Å². The summed E-state index contributed by atoms with van der Waals surface area (Å²) in [4.78, 5) is 24.7. The van der Waals surface area contributed by atoms with Gasteiger partial charge in [-0.3, -0.25) is 5.32 Å². The normalized spacial score (nSPS) is 15.0. The Morgan fingerprint density at radius 1 is 1.03 bits per heavy atom. The first kappa shape index (κ1) is 29.8. The van der Waals surface area contributed by atoms with Crippen molar-refractivity contribution in [3.63, 3.8) is 0 Å². The van der Waals surface area contributed by atoms with Crippen molar-refractivity contribution in [3.05, 3.63) is 83.6 Å². The third kappa shape index (κ3) is 6.64. The molecule has 0 spiro atoms. The summed E-state index contributed by atoms with van der Waals surface area (Å²) in [5.74, 6) is -0.995. The Morgan fingerprint density at radius 3 is 2.21 bits per heavy atom. The quantitative estimate of drug-likeness (QED) is 0.465. The van der Waals surface area contributed by atoms with Gasteiger partial charge in [0.1, 0.15) is 6.61 Å². The maximum absolute atomic E-state index is 12.4. The zero-order chi connectivity index (χ0) is 26.4. The molecule has 5 rings (SSSR count). The fourth-order valence-electron chi connectivity index (χ4n) is 4.36. The van der Waals surface area contributed by atoms with Crippen LogP contribution in [0.5, 0.6) is 0 Å². The van der Waals surface area contributed by atoms with Crippen LogP contribution in [0.3, 0.4) is 0 Å². The summed E-state index contributed by atoms with van der Waals surface area (Å²) in [6, 6.07) is 15.6. The minimum Gasteiger partial charge on any atom is -0.549 e. The van der Waals surface area contributed by atoms with Gasteiger partial charge in [0.25, 0.3) is 0 Å². The van der Waals surface area contributed by atoms with E-state index >= 15 is 0 Å². The Balaban J connectivity index is 0.00000130. The van der Waals surface area contributed by atoms with Crippen molar-refractivity contribution in [1.29, 1.82) is 0 Å². The van der Waals surface area contributed by atoms with E-state index < -0.39 is 17.5 Å². The topological polar surface area (TPSA) is 91.3 Å². The Labute approximate surface area is 250 Å². The standard InChI is InChI=1S/C28H26N2O4S.C2H6.Na/c1-18-4-2-3-5-22(18)17-34-27(33)30-24-16-29-35-25(24)21-8-6-19(7-9-21)20-10-12-23(13-11-20)28(14-15-28)26(31)32;1-2;/h3,5-13,16H,2,4,14-15,17H2,1H3,(H,30,33)(H,31,32);1-2H3;/q;;+1/p-1. The van der Waals surface area contributed by atoms with Crippen molar-refractivity contribution < 1.29 is 49.0 Å². The zero-order valence-electron chi connectivity index (χ0n) is 22.4. The maximum Gasteiger partial charge on any atom is 1.00 e. The fraction of sp³-hybridized carbons (Fsp3) is 0.300. The van der Waals surface area contributed by atoms with Crippen LogP contribution in [0.2, 0.25) is 0 Å². The molecule has 38 heavy (non-hydrogen) atoms. The summed E-state index contributed by atoms with van der Waals surface area (Å²) in [6.07, 6.45) is 8.53. The van der Waals surface area contributed by atoms with Crippen LogP contribution in [-0.4, -0.2) is 23.0 Å². The molecule has 3 aromatic rings. The third-order valence-corrected chi connectivity index (χ3v) is 7.63. The molecule has 0 radical (unpaired) electrons. The number of aliphatic carboxylic acids is 1. The molecular weight excluding hydrogens is 507 g/mol. The van der Waals surface area contributed by atoms with Gasteiger partial charge in [-0.25, -0.2) is 4.79 Å². The molecule has 1 fully saturated rings. The minimum absolute atomic E-state index is 0. The molecule has 0 unspecified atom stereocenters. The van der Waals surface area contributed by atoms with Crippen LogP contribution >= 0.6 is 11.5 Å². The maximum atomic E-state index is 12.4. The van der Waals surface area contributed by atoms with E-state index in [-0.39, 0.29) is 36.2 Å². The Hall–Kier alpha value is -2.71. The molecule has 6 nitrogen and oxygen atoms in total. The van der Waals surface area contributed by atoms with Gasteiger partial charge in [-0.05, 0) is 72.0 Å². The number of hydrogen-bond acceptors (Lipinski definition) is 6. The molecule has 1 N–H and O–H groups in total. The second kappa shape index (κ2) is 13.4. The van der Waals surface area contributed by atoms with Crippen molar-refractivity contribution in [2.45, 2.75) is 51.9 Å². The molecule has 192 valence electrons. The van der Waals surface area contributed by atoms with E-state index in [1.165, 1.54) is 17.1 Å². The van der Waals surface area contributed by atoms with Gasteiger partial charge < -0.3 is 14.6 Å². The number of benzene rings is 2. The second-order valence-corrected chi connectivity index (χ2v) is 9.84. The number of aromatic nitrogens is 1. The number of carboxylic acid groups (broad SMARTS) is 1. The predicted octanol–water partition coefficient (Wildman–Crippen LogP) is 3.50. The number of amides is 1. The third-order valence-electron chi connectivity index (χ3n) is 6.78. The Bertz CT molecular complexity index is 1320. The molecule has 1 amide bonds. The molecule has 0 saturated heterocycles. The average molecular weight is 539 g/mol. The molecule has 1 aromatic heterocycles. The van der Waals surface area contributed by atoms with E-state index in [0.29, 0.717) is 18.5 Å². The summed E-state index contributed by atoms with van der Waals surface area (Å²) in [5, 5.41) is 14.3. The van der Waals surface area contributed by atoms with Gasteiger partial charge in [0, 0.05) is 5.41 Å². The van der Waals surface area contributed by atoms with Crippen LogP contribution in [0.25, 0.3) is 21.6 Å². The zero-order valence-corrected chi connectivity index (χ0v) is 25.2. The molecule has 0 aliphatic heterocycles. The number of nitrogens with zero attached hydrogens (tertiary/aromatic N) is 1. The van der Waals surface area contributed by atoms with E-state index in [2.05, 4.69) is 22.7 Å². The largest absolute Gasteiger partial charge is 1.00 e. The summed E-state index contributed by atoms with van der Waals surface area (Å²) in [5.41, 5.74) is 5.86. The number of carbonyl (C=O) groups excluding carboxylic acids is 2. The van der Waals surface area contributed by atoms with Crippen molar-refractivity contribution in [2.75, 3.05) is 11.9 Å². The van der Waals surface area contributed by atoms with Gasteiger partial charge >= 0.3 is 35.7 Å². The molecule has 2 aromatic carbocycles. The summed E-state index contributed by atoms with van der Waals surface area (Å²) in [6.45, 7) is 6.31. The van der Waals surface area contributed by atoms with E-state index in [9.17, 15) is 14.7 Å². The van der Waals surface area contributed by atoms with E-state index in [1.54, 1.807) is 6.20 Å². The van der Waals surface area contributed by atoms with E-state index in [1.807, 2.05) is 68.5 Å². The molecule has 1 saturated carbocycles. The monoisotopic (exact) mass is 538 g/mol. The second-order valence-electron chi connectivity index (χ2n) is 9.04. The molecule has 0 atom stereocenters. The van der Waals surface area contributed by atoms with Crippen LogP contribution in [0.4, 0.5) is 10.5 Å². The number of nitrogens with one attached hydrogen (secondary N) is 1. The first-order valence-electron chi connectivity index (χ1n) is 12.6. The van der Waals surface area contributed by atoms with Crippen molar-refractivity contribution in [3.8, 4) is 21.6 Å². The van der Waals surface area contributed by atoms with Gasteiger partial charge in [-0.15, -0.1) is 0 Å². The smallest absolute Gasteiger partial charge is 0.549 e. The summed E-state index contributed by atoms with van der Waals surface area (Å²) < 4.78 is 9.67. The van der Waals surface area contributed by atoms with E-state index in [0.717, 1.165) is 45.5 Å². The first-order valence-corrected chi connectivity index (χ1v) is 13.4. The van der Waals surface area contributed by atoms with Crippen molar-refractivity contribution in [1.82, 2.24) is 4.37 Å². The number of hydrogen-bond donors (Lipinski definition) is 1. The number of carbonyl (C=O) groups is 2. The molecule has 1 heterocycles. The molecule has 8 heteroatoms. The molecular formula is C30H31N2NaO4S. The van der Waals surface area contributed by atoms with Gasteiger partial charge in [-0.1, -0.05) is 80.1 Å². The minimum atomic E-state index is -0.995.